The highest BCUT2D eigenvalue weighted by Crippen LogP contribution is 2.46. The highest BCUT2D eigenvalue weighted by Gasteiger charge is 2.39. The fraction of sp³-hybridized carbons (Fsp3) is 0.500. The van der Waals surface area contributed by atoms with Crippen LogP contribution in [0.4, 0.5) is 5.69 Å². The van der Waals surface area contributed by atoms with E-state index < -0.39 is 0 Å². The number of anilines is 1. The Balaban J connectivity index is 0.000000325. The van der Waals surface area contributed by atoms with Crippen LogP contribution < -0.4 is 10.1 Å². The van der Waals surface area contributed by atoms with Crippen LogP contribution in [0.3, 0.4) is 0 Å². The van der Waals surface area contributed by atoms with E-state index in [4.69, 9.17) is 9.47 Å². The molecule has 2 fully saturated rings. The number of amides is 1. The molecule has 5 nitrogen and oxygen atoms in total. The minimum Gasteiger partial charge on any atom is -0.497 e. The fourth-order valence-corrected chi connectivity index (χ4v) is 4.46. The number of carbonyl (C=O) groups is 1. The topological polar surface area (TPSA) is 50.6 Å². The van der Waals surface area contributed by atoms with E-state index in [9.17, 15) is 4.79 Å². The van der Waals surface area contributed by atoms with Gasteiger partial charge in [-0.05, 0) is 71.2 Å². The number of methoxy groups -OCH3 is 1. The lowest BCUT2D eigenvalue weighted by molar-refractivity contribution is 0.102. The summed E-state index contributed by atoms with van der Waals surface area (Å²) in [7, 11) is 1.62. The summed E-state index contributed by atoms with van der Waals surface area (Å²) in [5.74, 6) is 0.643. The van der Waals surface area contributed by atoms with Crippen molar-refractivity contribution in [3.05, 3.63) is 59.2 Å². The van der Waals surface area contributed by atoms with Gasteiger partial charge in [-0.15, -0.1) is 0 Å². The van der Waals surface area contributed by atoms with Crippen LogP contribution >= 0.6 is 0 Å². The molecule has 2 aliphatic heterocycles. The number of rotatable bonds is 3. The van der Waals surface area contributed by atoms with Gasteiger partial charge in [0, 0.05) is 24.3 Å². The molecule has 0 bridgehead atoms. The predicted octanol–water partition coefficient (Wildman–Crippen LogP) is 4.95. The van der Waals surface area contributed by atoms with Crippen LogP contribution in [-0.4, -0.2) is 43.8 Å². The number of morpholine rings is 1. The lowest BCUT2D eigenvalue weighted by Gasteiger charge is -2.42. The maximum Gasteiger partial charge on any atom is 0.255 e. The lowest BCUT2D eigenvalue weighted by atomic mass is 9.63. The van der Waals surface area contributed by atoms with E-state index in [1.165, 1.54) is 30.6 Å². The Labute approximate surface area is 185 Å². The molecule has 0 spiro atoms. The second kappa shape index (κ2) is 8.29. The number of fused-ring (bicyclic) bond motifs is 2. The summed E-state index contributed by atoms with van der Waals surface area (Å²) >= 11 is 0. The molecule has 5 rings (SSSR count). The van der Waals surface area contributed by atoms with Gasteiger partial charge in [-0.25, -0.2) is 0 Å². The van der Waals surface area contributed by atoms with Crippen LogP contribution in [0.5, 0.6) is 5.75 Å². The number of carbonyl (C=O) groups excluding carboxylic acids is 1. The Bertz CT molecular complexity index is 942. The normalized spacial score (nSPS) is 24.2. The second-order valence-electron chi connectivity index (χ2n) is 10.0. The van der Waals surface area contributed by atoms with Crippen molar-refractivity contribution in [3.63, 3.8) is 0 Å². The van der Waals surface area contributed by atoms with Crippen molar-refractivity contribution in [1.29, 1.82) is 0 Å². The van der Waals surface area contributed by atoms with Crippen molar-refractivity contribution in [1.82, 2.24) is 4.90 Å². The molecule has 2 saturated heterocycles. The van der Waals surface area contributed by atoms with E-state index in [1.54, 1.807) is 31.4 Å². The average molecular weight is 423 g/mol. The molecule has 1 N–H and O–H groups in total. The van der Waals surface area contributed by atoms with Crippen molar-refractivity contribution in [2.24, 2.45) is 0 Å². The van der Waals surface area contributed by atoms with E-state index >= 15 is 0 Å². The molecule has 2 heterocycles. The molecule has 2 aromatic carbocycles. The number of hydrogen-bond donors (Lipinski definition) is 1. The molecule has 0 aromatic heterocycles. The Kier molecular flexibility index (Phi) is 5.84. The third-order valence-electron chi connectivity index (χ3n) is 6.82. The SMILES string of the molecule is C1CN2CC2O1.COc1ccc(C(=O)Nc2ccc3c(c2)C(C)(C)CCC3(C)C)cc1. The van der Waals surface area contributed by atoms with Crippen molar-refractivity contribution in [3.8, 4) is 5.75 Å². The van der Waals surface area contributed by atoms with Crippen molar-refractivity contribution in [2.75, 3.05) is 32.1 Å². The van der Waals surface area contributed by atoms with Crippen LogP contribution in [0, 0.1) is 0 Å². The van der Waals surface area contributed by atoms with Gasteiger partial charge in [0.25, 0.3) is 5.91 Å². The smallest absolute Gasteiger partial charge is 0.255 e. The molecule has 2 aromatic rings. The maximum atomic E-state index is 12.5. The predicted molar refractivity (Wildman–Crippen MR) is 124 cm³/mol. The quantitative estimate of drug-likeness (QED) is 0.711. The first-order chi connectivity index (χ1) is 14.7. The highest BCUT2D eigenvalue weighted by atomic mass is 16.5. The zero-order valence-electron chi connectivity index (χ0n) is 19.3. The number of hydrogen-bond acceptors (Lipinski definition) is 4. The molecule has 31 heavy (non-hydrogen) atoms. The zero-order chi connectivity index (χ0) is 22.2. The Morgan fingerprint density at radius 3 is 2.23 bits per heavy atom. The van der Waals surface area contributed by atoms with Gasteiger partial charge in [-0.2, -0.15) is 0 Å². The summed E-state index contributed by atoms with van der Waals surface area (Å²) in [4.78, 5) is 14.8. The maximum absolute atomic E-state index is 12.5. The molecule has 2 atom stereocenters. The van der Waals surface area contributed by atoms with Crippen molar-refractivity contribution >= 4 is 11.6 Å². The Hall–Kier alpha value is -2.37. The van der Waals surface area contributed by atoms with E-state index in [-0.39, 0.29) is 16.7 Å². The molecule has 1 amide bonds. The largest absolute Gasteiger partial charge is 0.497 e. The summed E-state index contributed by atoms with van der Waals surface area (Å²) in [6, 6.07) is 13.5. The third-order valence-corrected chi connectivity index (χ3v) is 6.82. The number of nitrogens with zero attached hydrogens (tertiary/aromatic N) is 1. The minimum absolute atomic E-state index is 0.101. The van der Waals surface area contributed by atoms with Gasteiger partial charge in [0.2, 0.25) is 0 Å². The van der Waals surface area contributed by atoms with E-state index in [1.807, 2.05) is 6.07 Å². The summed E-state index contributed by atoms with van der Waals surface area (Å²) in [6.07, 6.45) is 2.89. The highest BCUT2D eigenvalue weighted by molar-refractivity contribution is 6.04. The molecule has 2 unspecified atom stereocenters. The summed E-state index contributed by atoms with van der Waals surface area (Å²) < 4.78 is 10.3. The molecule has 5 heteroatoms. The van der Waals surface area contributed by atoms with Gasteiger partial charge < -0.3 is 14.8 Å². The van der Waals surface area contributed by atoms with Gasteiger partial charge in [0.15, 0.2) is 0 Å². The molecule has 166 valence electrons. The molecule has 3 aliphatic rings. The fourth-order valence-electron chi connectivity index (χ4n) is 4.46. The Morgan fingerprint density at radius 2 is 1.71 bits per heavy atom. The number of ether oxygens (including phenoxy) is 2. The number of benzene rings is 2. The van der Waals surface area contributed by atoms with Gasteiger partial charge in [0.1, 0.15) is 12.0 Å². The van der Waals surface area contributed by atoms with E-state index in [2.05, 4.69) is 50.0 Å². The summed E-state index contributed by atoms with van der Waals surface area (Å²) in [6.45, 7) is 12.5. The molecular formula is C26H34N2O3. The van der Waals surface area contributed by atoms with Gasteiger partial charge in [-0.3, -0.25) is 9.69 Å². The van der Waals surface area contributed by atoms with E-state index in [0.29, 0.717) is 11.8 Å². The Morgan fingerprint density at radius 1 is 1.03 bits per heavy atom. The molecule has 1 aliphatic carbocycles. The van der Waals surface area contributed by atoms with Gasteiger partial charge in [0.05, 0.1) is 13.7 Å². The minimum atomic E-state index is -0.101. The van der Waals surface area contributed by atoms with E-state index in [0.717, 1.165) is 24.5 Å². The first-order valence-corrected chi connectivity index (χ1v) is 11.2. The average Bonchev–Trinajstić information content (AvgIpc) is 3.36. The monoisotopic (exact) mass is 422 g/mol. The lowest BCUT2D eigenvalue weighted by Crippen LogP contribution is -2.33. The standard InChI is InChI=1S/C22H27NO2.C4H7NO/c1-21(2)12-13-22(3,4)19-14-16(8-11-18(19)21)23-20(24)15-6-9-17(25-5)10-7-15;1-2-6-4-3-5(1)4/h6-11,14H,12-13H2,1-5H3,(H,23,24);4H,1-3H2. The molecule has 0 radical (unpaired) electrons. The van der Waals surface area contributed by atoms with Gasteiger partial charge >= 0.3 is 0 Å². The first-order valence-electron chi connectivity index (χ1n) is 11.2. The van der Waals surface area contributed by atoms with Crippen LogP contribution in [-0.2, 0) is 15.6 Å². The van der Waals surface area contributed by atoms with Crippen LogP contribution in [0.25, 0.3) is 0 Å². The second-order valence-corrected chi connectivity index (χ2v) is 10.0. The van der Waals surface area contributed by atoms with Crippen LogP contribution in [0.1, 0.15) is 62.0 Å². The molecule has 0 saturated carbocycles. The first kappa shape index (κ1) is 21.8. The summed E-state index contributed by atoms with van der Waals surface area (Å²) in [5, 5.41) is 3.03. The zero-order valence-corrected chi connectivity index (χ0v) is 19.3. The van der Waals surface area contributed by atoms with Crippen LogP contribution in [0.2, 0.25) is 0 Å². The molecular weight excluding hydrogens is 388 g/mol. The van der Waals surface area contributed by atoms with Crippen molar-refractivity contribution in [2.45, 2.75) is 57.6 Å². The summed E-state index contributed by atoms with van der Waals surface area (Å²) in [5.41, 5.74) is 4.53. The van der Waals surface area contributed by atoms with Gasteiger partial charge in [-0.1, -0.05) is 33.8 Å². The number of nitrogens with one attached hydrogen (secondary N) is 1. The third kappa shape index (κ3) is 4.78. The van der Waals surface area contributed by atoms with Crippen LogP contribution in [0.15, 0.2) is 42.5 Å². The van der Waals surface area contributed by atoms with Crippen molar-refractivity contribution < 1.29 is 14.3 Å².